The summed E-state index contributed by atoms with van der Waals surface area (Å²) in [5.74, 6) is -0.887. The first-order chi connectivity index (χ1) is 18.0. The zero-order chi connectivity index (χ0) is 25.8. The Bertz CT molecular complexity index is 1400. The van der Waals surface area contributed by atoms with Crippen molar-refractivity contribution in [2.75, 3.05) is 4.90 Å². The van der Waals surface area contributed by atoms with Gasteiger partial charge < -0.3 is 21.1 Å². The third-order valence-corrected chi connectivity index (χ3v) is 6.63. The molecule has 2 amide bonds. The molecule has 1 aliphatic heterocycles. The maximum absolute atomic E-state index is 13.8. The Hall–Kier alpha value is -4.26. The lowest BCUT2D eigenvalue weighted by Gasteiger charge is -2.25. The molecule has 37 heavy (non-hydrogen) atoms. The molecule has 0 aromatic heterocycles. The first-order valence-electron chi connectivity index (χ1n) is 12.3. The van der Waals surface area contributed by atoms with Gasteiger partial charge in [0, 0.05) is 12.1 Å². The second kappa shape index (κ2) is 10.8. The third-order valence-electron chi connectivity index (χ3n) is 6.63. The van der Waals surface area contributed by atoms with Crippen LogP contribution in [0.4, 0.5) is 5.69 Å². The number of nitrogens with zero attached hydrogens (tertiary/aromatic N) is 1. The van der Waals surface area contributed by atoms with Crippen molar-refractivity contribution in [1.82, 2.24) is 0 Å². The Morgan fingerprint density at radius 2 is 1.51 bits per heavy atom. The highest BCUT2D eigenvalue weighted by atomic mass is 16.5. The lowest BCUT2D eigenvalue weighted by molar-refractivity contribution is -0.137. The molecule has 0 saturated heterocycles. The Kier molecular flexibility index (Phi) is 7.12. The molecule has 6 nitrogen and oxygen atoms in total. The number of anilines is 1. The van der Waals surface area contributed by atoms with Crippen LogP contribution in [0.2, 0.25) is 0 Å². The van der Waals surface area contributed by atoms with Crippen LogP contribution in [-0.4, -0.2) is 17.9 Å². The molecule has 0 saturated carbocycles. The van der Waals surface area contributed by atoms with E-state index in [1.54, 1.807) is 4.90 Å². The summed E-state index contributed by atoms with van der Waals surface area (Å²) < 4.78 is 6.36. The van der Waals surface area contributed by atoms with E-state index in [0.29, 0.717) is 13.1 Å². The molecular weight excluding hydrogens is 462 g/mol. The summed E-state index contributed by atoms with van der Waals surface area (Å²) >= 11 is 0. The summed E-state index contributed by atoms with van der Waals surface area (Å²) in [5, 5.41) is 0. The summed E-state index contributed by atoms with van der Waals surface area (Å²) in [5.41, 5.74) is 18.0. The second-order valence-electron chi connectivity index (χ2n) is 9.17. The number of primary amides is 1. The highest BCUT2D eigenvalue weighted by molar-refractivity contribution is 6.00. The van der Waals surface area contributed by atoms with E-state index in [9.17, 15) is 9.59 Å². The summed E-state index contributed by atoms with van der Waals surface area (Å²) in [6, 6.07) is 33.8. The topological polar surface area (TPSA) is 98.6 Å². The van der Waals surface area contributed by atoms with Gasteiger partial charge in [-0.15, -0.1) is 0 Å². The number of hydrogen-bond acceptors (Lipinski definition) is 4. The average molecular weight is 492 g/mol. The van der Waals surface area contributed by atoms with E-state index in [1.807, 2.05) is 78.9 Å². The maximum atomic E-state index is 13.8. The zero-order valence-electron chi connectivity index (χ0n) is 20.4. The van der Waals surface area contributed by atoms with Crippen molar-refractivity contribution in [2.24, 2.45) is 11.5 Å². The zero-order valence-corrected chi connectivity index (χ0v) is 20.4. The van der Waals surface area contributed by atoms with Crippen LogP contribution in [0.3, 0.4) is 0 Å². The number of hydrogen-bond donors (Lipinski definition) is 2. The van der Waals surface area contributed by atoms with Gasteiger partial charge >= 0.3 is 0 Å². The van der Waals surface area contributed by atoms with Crippen LogP contribution >= 0.6 is 0 Å². The molecular formula is C31H29N3O3. The maximum Gasteiger partial charge on any atom is 0.257 e. The summed E-state index contributed by atoms with van der Waals surface area (Å²) in [6.45, 7) is 0.718. The van der Waals surface area contributed by atoms with Gasteiger partial charge in [0.1, 0.15) is 12.2 Å². The van der Waals surface area contributed by atoms with Crippen molar-refractivity contribution >= 4 is 17.5 Å². The quantitative estimate of drug-likeness (QED) is 0.391. The van der Waals surface area contributed by atoms with Crippen LogP contribution in [0.15, 0.2) is 103 Å². The van der Waals surface area contributed by atoms with Gasteiger partial charge in [-0.3, -0.25) is 9.59 Å². The first-order valence-corrected chi connectivity index (χ1v) is 12.3. The van der Waals surface area contributed by atoms with Gasteiger partial charge in [-0.05, 0) is 33.9 Å². The minimum absolute atomic E-state index is 0.205. The number of para-hydroxylation sites is 1. The Labute approximate surface area is 216 Å². The molecule has 4 aromatic rings. The van der Waals surface area contributed by atoms with Gasteiger partial charge in [-0.2, -0.15) is 0 Å². The number of benzene rings is 4. The molecule has 0 aliphatic carbocycles. The van der Waals surface area contributed by atoms with Crippen molar-refractivity contribution in [3.63, 3.8) is 0 Å². The number of fused-ring (bicyclic) bond motifs is 1. The third kappa shape index (κ3) is 5.31. The lowest BCUT2D eigenvalue weighted by Crippen LogP contribution is -2.41. The normalized spacial score (nSPS) is 17.2. The molecule has 5 rings (SSSR count). The molecule has 4 aromatic carbocycles. The van der Waals surface area contributed by atoms with Crippen LogP contribution in [0, 0.1) is 0 Å². The first kappa shape index (κ1) is 24.4. The molecule has 2 atom stereocenters. The Balaban J connectivity index is 1.54. The molecule has 0 radical (unpaired) electrons. The monoisotopic (exact) mass is 491 g/mol. The molecule has 4 N–H and O–H groups in total. The summed E-state index contributed by atoms with van der Waals surface area (Å²) in [6.07, 6.45) is -1.77. The van der Waals surface area contributed by atoms with Crippen LogP contribution < -0.4 is 16.4 Å². The fraction of sp³-hybridized carbons (Fsp3) is 0.161. The Morgan fingerprint density at radius 1 is 0.811 bits per heavy atom. The van der Waals surface area contributed by atoms with E-state index in [-0.39, 0.29) is 12.3 Å². The number of carbonyl (C=O) groups excluding carboxylic acids is 2. The van der Waals surface area contributed by atoms with Crippen molar-refractivity contribution < 1.29 is 14.3 Å². The van der Waals surface area contributed by atoms with E-state index < -0.39 is 18.1 Å². The predicted octanol–water partition coefficient (Wildman–Crippen LogP) is 4.71. The Morgan fingerprint density at radius 3 is 2.24 bits per heavy atom. The molecule has 6 heteroatoms. The highest BCUT2D eigenvalue weighted by Gasteiger charge is 2.37. The lowest BCUT2D eigenvalue weighted by atomic mass is 9.97. The van der Waals surface area contributed by atoms with Gasteiger partial charge in [0.15, 0.2) is 0 Å². The van der Waals surface area contributed by atoms with Gasteiger partial charge in [0.25, 0.3) is 5.91 Å². The smallest absolute Gasteiger partial charge is 0.257 e. The SMILES string of the molecule is NCc1cccc(C2OC(CC(N)=O)C(=O)N(Cc3ccc(-c4ccccc4)cc3)c3ccccc32)c1. The minimum atomic E-state index is -1.01. The van der Waals surface area contributed by atoms with Crippen LogP contribution in [-0.2, 0) is 27.4 Å². The molecule has 0 spiro atoms. The van der Waals surface area contributed by atoms with Gasteiger partial charge in [0.05, 0.1) is 18.7 Å². The van der Waals surface area contributed by atoms with E-state index in [4.69, 9.17) is 16.2 Å². The van der Waals surface area contributed by atoms with E-state index in [1.165, 1.54) is 0 Å². The molecule has 2 unspecified atom stereocenters. The number of rotatable bonds is 7. The number of amides is 2. The number of ether oxygens (including phenoxy) is 1. The largest absolute Gasteiger partial charge is 0.370 e. The number of nitrogens with two attached hydrogens (primary N) is 2. The van der Waals surface area contributed by atoms with Crippen molar-refractivity contribution in [2.45, 2.75) is 31.7 Å². The predicted molar refractivity (Wildman–Crippen MR) is 144 cm³/mol. The van der Waals surface area contributed by atoms with Crippen LogP contribution in [0.5, 0.6) is 0 Å². The van der Waals surface area contributed by atoms with Crippen LogP contribution in [0.1, 0.15) is 34.8 Å². The van der Waals surface area contributed by atoms with Gasteiger partial charge in [-0.25, -0.2) is 0 Å². The molecule has 1 heterocycles. The van der Waals surface area contributed by atoms with E-state index in [2.05, 4.69) is 24.3 Å². The summed E-state index contributed by atoms with van der Waals surface area (Å²) in [7, 11) is 0. The standard InChI is InChI=1S/C31H29N3O3/c32-19-22-7-6-10-25(17-22)30-26-11-4-5-12-27(26)34(31(36)28(37-30)18-29(33)35)20-21-13-15-24(16-14-21)23-8-2-1-3-9-23/h1-17,28,30H,18-20,32H2,(H2,33,35). The van der Waals surface area contributed by atoms with Gasteiger partial charge in [-0.1, -0.05) is 97.1 Å². The second-order valence-corrected chi connectivity index (χ2v) is 9.17. The van der Waals surface area contributed by atoms with E-state index >= 15 is 0 Å². The van der Waals surface area contributed by atoms with Crippen molar-refractivity contribution in [1.29, 1.82) is 0 Å². The van der Waals surface area contributed by atoms with Crippen LogP contribution in [0.25, 0.3) is 11.1 Å². The summed E-state index contributed by atoms with van der Waals surface area (Å²) in [4.78, 5) is 27.4. The fourth-order valence-electron chi connectivity index (χ4n) is 4.78. The van der Waals surface area contributed by atoms with Crippen molar-refractivity contribution in [3.05, 3.63) is 125 Å². The van der Waals surface area contributed by atoms with E-state index in [0.717, 1.165) is 39.1 Å². The average Bonchev–Trinajstić information content (AvgIpc) is 3.04. The van der Waals surface area contributed by atoms with Crippen molar-refractivity contribution in [3.8, 4) is 11.1 Å². The molecule has 0 fully saturated rings. The number of carbonyl (C=O) groups is 2. The minimum Gasteiger partial charge on any atom is -0.370 e. The van der Waals surface area contributed by atoms with Gasteiger partial charge in [0.2, 0.25) is 5.91 Å². The highest BCUT2D eigenvalue weighted by Crippen LogP contribution is 2.39. The molecule has 0 bridgehead atoms. The molecule has 1 aliphatic rings. The molecule has 186 valence electrons. The fourth-order valence-corrected chi connectivity index (χ4v) is 4.78.